The first kappa shape index (κ1) is 12.0. The van der Waals surface area contributed by atoms with Gasteiger partial charge in [0.05, 0.1) is 0 Å². The van der Waals surface area contributed by atoms with Crippen molar-refractivity contribution in [3.8, 4) is 0 Å². The minimum Gasteiger partial charge on any atom is -0.385 e. The average Bonchev–Trinajstić information content (AvgIpc) is 2.19. The SMILES string of the molecule is Cc1ccc(Cl)c(C(O)C(O)C(N)=O)c1. The summed E-state index contributed by atoms with van der Waals surface area (Å²) in [7, 11) is 0. The van der Waals surface area contributed by atoms with Gasteiger partial charge >= 0.3 is 0 Å². The van der Waals surface area contributed by atoms with Crippen molar-refractivity contribution in [3.05, 3.63) is 34.3 Å². The van der Waals surface area contributed by atoms with E-state index in [2.05, 4.69) is 0 Å². The maximum atomic E-state index is 10.7. The lowest BCUT2D eigenvalue weighted by molar-refractivity contribution is -0.131. The van der Waals surface area contributed by atoms with Crippen LogP contribution in [0.25, 0.3) is 0 Å². The summed E-state index contributed by atoms with van der Waals surface area (Å²) >= 11 is 5.82. The zero-order valence-corrected chi connectivity index (χ0v) is 8.90. The molecule has 1 amide bonds. The van der Waals surface area contributed by atoms with Crippen molar-refractivity contribution in [1.29, 1.82) is 0 Å². The second-order valence-corrected chi connectivity index (χ2v) is 3.72. The van der Waals surface area contributed by atoms with Gasteiger partial charge in [-0.1, -0.05) is 29.3 Å². The van der Waals surface area contributed by atoms with Crippen LogP contribution < -0.4 is 5.73 Å². The summed E-state index contributed by atoms with van der Waals surface area (Å²) in [5, 5.41) is 19.2. The Morgan fingerprint density at radius 1 is 1.47 bits per heavy atom. The highest BCUT2D eigenvalue weighted by molar-refractivity contribution is 6.31. The number of rotatable bonds is 3. The first-order chi connectivity index (χ1) is 6.93. The molecule has 0 spiro atoms. The van der Waals surface area contributed by atoms with Crippen molar-refractivity contribution in [2.75, 3.05) is 0 Å². The molecule has 2 unspecified atom stereocenters. The average molecular weight is 230 g/mol. The van der Waals surface area contributed by atoms with Gasteiger partial charge in [0.1, 0.15) is 6.10 Å². The van der Waals surface area contributed by atoms with Crippen molar-refractivity contribution in [1.82, 2.24) is 0 Å². The van der Waals surface area contributed by atoms with Crippen molar-refractivity contribution < 1.29 is 15.0 Å². The number of aryl methyl sites for hydroxylation is 1. The van der Waals surface area contributed by atoms with Crippen LogP contribution in [0.4, 0.5) is 0 Å². The quantitative estimate of drug-likeness (QED) is 0.707. The molecule has 0 saturated carbocycles. The van der Waals surface area contributed by atoms with Gasteiger partial charge in [-0.05, 0) is 13.0 Å². The van der Waals surface area contributed by atoms with E-state index in [0.29, 0.717) is 5.56 Å². The summed E-state index contributed by atoms with van der Waals surface area (Å²) in [5.41, 5.74) is 6.03. The molecule has 4 N–H and O–H groups in total. The molecule has 5 heteroatoms. The highest BCUT2D eigenvalue weighted by atomic mass is 35.5. The van der Waals surface area contributed by atoms with Crippen LogP contribution in [0.15, 0.2) is 18.2 Å². The molecule has 2 atom stereocenters. The van der Waals surface area contributed by atoms with Crippen molar-refractivity contribution in [2.24, 2.45) is 5.73 Å². The third-order valence-electron chi connectivity index (χ3n) is 2.06. The summed E-state index contributed by atoms with van der Waals surface area (Å²) in [6, 6.07) is 4.94. The van der Waals surface area contributed by atoms with Gasteiger partial charge in [0.25, 0.3) is 0 Å². The van der Waals surface area contributed by atoms with Gasteiger partial charge in [-0.3, -0.25) is 4.79 Å². The Morgan fingerprint density at radius 2 is 2.07 bits per heavy atom. The number of carbonyl (C=O) groups is 1. The summed E-state index contributed by atoms with van der Waals surface area (Å²) in [6.07, 6.45) is -3.04. The Hall–Kier alpha value is -1.10. The summed E-state index contributed by atoms with van der Waals surface area (Å²) < 4.78 is 0. The lowest BCUT2D eigenvalue weighted by Crippen LogP contribution is -2.34. The fourth-order valence-corrected chi connectivity index (χ4v) is 1.44. The first-order valence-electron chi connectivity index (χ1n) is 4.35. The second kappa shape index (κ2) is 4.61. The van der Waals surface area contributed by atoms with Crippen LogP contribution in [-0.4, -0.2) is 22.2 Å². The standard InChI is InChI=1S/C10H12ClNO3/c1-5-2-3-7(11)6(4-5)8(13)9(14)10(12)15/h2-4,8-9,13-14H,1H3,(H2,12,15). The zero-order valence-electron chi connectivity index (χ0n) is 8.14. The van der Waals surface area contributed by atoms with Gasteiger partial charge in [-0.15, -0.1) is 0 Å². The highest BCUT2D eigenvalue weighted by Crippen LogP contribution is 2.26. The van der Waals surface area contributed by atoms with Gasteiger partial charge in [-0.2, -0.15) is 0 Å². The third kappa shape index (κ3) is 2.68. The minimum atomic E-state index is -1.65. The summed E-state index contributed by atoms with van der Waals surface area (Å²) in [4.78, 5) is 10.7. The highest BCUT2D eigenvalue weighted by Gasteiger charge is 2.25. The smallest absolute Gasteiger partial charge is 0.249 e. The van der Waals surface area contributed by atoms with Crippen molar-refractivity contribution in [3.63, 3.8) is 0 Å². The number of halogens is 1. The maximum Gasteiger partial charge on any atom is 0.249 e. The van der Waals surface area contributed by atoms with Crippen molar-refractivity contribution >= 4 is 17.5 Å². The molecule has 1 aromatic rings. The molecule has 15 heavy (non-hydrogen) atoms. The number of benzene rings is 1. The largest absolute Gasteiger partial charge is 0.385 e. The maximum absolute atomic E-state index is 10.7. The van der Waals surface area contributed by atoms with E-state index in [4.69, 9.17) is 17.3 Å². The molecular weight excluding hydrogens is 218 g/mol. The second-order valence-electron chi connectivity index (χ2n) is 3.32. The molecule has 1 aromatic carbocycles. The van der Waals surface area contributed by atoms with E-state index >= 15 is 0 Å². The van der Waals surface area contributed by atoms with Crippen LogP contribution in [0.5, 0.6) is 0 Å². The molecule has 0 aliphatic carbocycles. The van der Waals surface area contributed by atoms with Gasteiger partial charge < -0.3 is 15.9 Å². The van der Waals surface area contributed by atoms with Crippen LogP contribution in [0, 0.1) is 6.92 Å². The number of nitrogens with two attached hydrogens (primary N) is 1. The number of hydrogen-bond acceptors (Lipinski definition) is 3. The fraction of sp³-hybridized carbons (Fsp3) is 0.300. The predicted octanol–water partition coefficient (Wildman–Crippen LogP) is 0.528. The number of carbonyl (C=O) groups excluding carboxylic acids is 1. The van der Waals surface area contributed by atoms with Gasteiger partial charge in [0.2, 0.25) is 5.91 Å². The first-order valence-corrected chi connectivity index (χ1v) is 4.72. The molecule has 0 saturated heterocycles. The van der Waals surface area contributed by atoms with Crippen LogP contribution >= 0.6 is 11.6 Å². The molecule has 4 nitrogen and oxygen atoms in total. The van der Waals surface area contributed by atoms with E-state index in [0.717, 1.165) is 5.56 Å². The minimum absolute atomic E-state index is 0.286. The lowest BCUT2D eigenvalue weighted by atomic mass is 10.0. The van der Waals surface area contributed by atoms with Crippen LogP contribution in [0.1, 0.15) is 17.2 Å². The van der Waals surface area contributed by atoms with Gasteiger partial charge in [-0.25, -0.2) is 0 Å². The molecule has 0 aliphatic heterocycles. The van der Waals surface area contributed by atoms with Crippen LogP contribution in [0.3, 0.4) is 0 Å². The van der Waals surface area contributed by atoms with E-state index < -0.39 is 18.1 Å². The predicted molar refractivity (Wildman–Crippen MR) is 56.4 cm³/mol. The Kier molecular flexibility index (Phi) is 3.68. The Bertz CT molecular complexity index is 381. The van der Waals surface area contributed by atoms with E-state index in [1.807, 2.05) is 6.92 Å². The molecule has 82 valence electrons. The van der Waals surface area contributed by atoms with E-state index in [-0.39, 0.29) is 5.02 Å². The Balaban J connectivity index is 3.04. The van der Waals surface area contributed by atoms with E-state index in [1.165, 1.54) is 0 Å². The fourth-order valence-electron chi connectivity index (χ4n) is 1.22. The number of hydrogen-bond donors (Lipinski definition) is 3. The molecular formula is C10H12ClNO3. The molecule has 0 radical (unpaired) electrons. The number of aliphatic hydroxyl groups is 2. The van der Waals surface area contributed by atoms with Crippen LogP contribution in [0.2, 0.25) is 5.02 Å². The molecule has 0 heterocycles. The Labute approximate surface area is 92.3 Å². The molecule has 0 aromatic heterocycles. The summed E-state index contributed by atoms with van der Waals surface area (Å²) in [5.74, 6) is -0.986. The monoisotopic (exact) mass is 229 g/mol. The molecule has 0 bridgehead atoms. The van der Waals surface area contributed by atoms with Crippen LogP contribution in [-0.2, 0) is 4.79 Å². The van der Waals surface area contributed by atoms with Gasteiger partial charge in [0.15, 0.2) is 6.10 Å². The number of aliphatic hydroxyl groups excluding tert-OH is 2. The van der Waals surface area contributed by atoms with E-state index in [1.54, 1.807) is 18.2 Å². The summed E-state index contributed by atoms with van der Waals surface area (Å²) in [6.45, 7) is 1.81. The molecule has 1 rings (SSSR count). The Morgan fingerprint density at radius 3 is 2.60 bits per heavy atom. The van der Waals surface area contributed by atoms with E-state index in [9.17, 15) is 15.0 Å². The third-order valence-corrected chi connectivity index (χ3v) is 2.40. The molecule has 0 aliphatic rings. The van der Waals surface area contributed by atoms with Gasteiger partial charge in [0, 0.05) is 10.6 Å². The number of primary amides is 1. The topological polar surface area (TPSA) is 83.6 Å². The zero-order chi connectivity index (χ0) is 11.6. The normalized spacial score (nSPS) is 14.7. The lowest BCUT2D eigenvalue weighted by Gasteiger charge is -2.16. The number of amides is 1. The van der Waals surface area contributed by atoms with Crippen molar-refractivity contribution in [2.45, 2.75) is 19.1 Å². The molecule has 0 fully saturated rings.